The second kappa shape index (κ2) is 6.10. The third-order valence-corrected chi connectivity index (χ3v) is 4.17. The van der Waals surface area contributed by atoms with Crippen molar-refractivity contribution in [3.05, 3.63) is 16.6 Å². The number of nitrogens with zero attached hydrogens (tertiary/aromatic N) is 3. The number of ether oxygens (including phenoxy) is 2. The van der Waals surface area contributed by atoms with E-state index in [4.69, 9.17) is 9.47 Å². The largest absolute Gasteiger partial charge is 0.490 e. The molecule has 1 aromatic heterocycles. The van der Waals surface area contributed by atoms with Crippen LogP contribution in [-0.4, -0.2) is 34.8 Å². The monoisotopic (exact) mass is 339 g/mol. The van der Waals surface area contributed by atoms with Gasteiger partial charge in [0.2, 0.25) is 0 Å². The molecule has 0 saturated heterocycles. The fraction of sp³-hybridized carbons (Fsp3) is 0.571. The maximum Gasteiger partial charge on any atom is 0.136 e. The highest BCUT2D eigenvalue weighted by atomic mass is 79.9. The number of benzene rings is 1. The summed E-state index contributed by atoms with van der Waals surface area (Å²) in [6.45, 7) is 4.77. The number of aromatic nitrogens is 3. The van der Waals surface area contributed by atoms with E-state index in [1.807, 2.05) is 23.7 Å². The van der Waals surface area contributed by atoms with Gasteiger partial charge in [-0.2, -0.15) is 0 Å². The molecule has 1 saturated carbocycles. The summed E-state index contributed by atoms with van der Waals surface area (Å²) >= 11 is 3.56. The summed E-state index contributed by atoms with van der Waals surface area (Å²) in [5.74, 6) is 1.57. The molecule has 0 spiro atoms. The average molecular weight is 340 g/mol. The van der Waals surface area contributed by atoms with Crippen LogP contribution in [0.2, 0.25) is 0 Å². The van der Waals surface area contributed by atoms with Crippen LogP contribution in [0.1, 0.15) is 19.8 Å². The number of rotatable bonds is 7. The van der Waals surface area contributed by atoms with Gasteiger partial charge in [0.05, 0.1) is 16.6 Å². The van der Waals surface area contributed by atoms with Crippen LogP contribution in [0.3, 0.4) is 0 Å². The van der Waals surface area contributed by atoms with Crippen molar-refractivity contribution in [1.82, 2.24) is 15.0 Å². The maximum atomic E-state index is 5.70. The van der Waals surface area contributed by atoms with Gasteiger partial charge < -0.3 is 9.47 Å². The van der Waals surface area contributed by atoms with Crippen LogP contribution >= 0.6 is 15.9 Å². The van der Waals surface area contributed by atoms with E-state index in [9.17, 15) is 0 Å². The fourth-order valence-electron chi connectivity index (χ4n) is 2.13. The Morgan fingerprint density at radius 2 is 2.20 bits per heavy atom. The van der Waals surface area contributed by atoms with Crippen LogP contribution in [0.25, 0.3) is 11.0 Å². The SMILES string of the molecule is CCOCCOc1ccc2c(nnn2CC2CC2)c1Br. The highest BCUT2D eigenvalue weighted by Crippen LogP contribution is 2.34. The molecule has 20 heavy (non-hydrogen) atoms. The summed E-state index contributed by atoms with van der Waals surface area (Å²) < 4.78 is 13.8. The molecule has 108 valence electrons. The molecular weight excluding hydrogens is 322 g/mol. The number of hydrogen-bond donors (Lipinski definition) is 0. The Morgan fingerprint density at radius 1 is 1.35 bits per heavy atom. The van der Waals surface area contributed by atoms with Crippen molar-refractivity contribution in [2.24, 2.45) is 5.92 Å². The molecule has 0 atom stereocenters. The molecule has 0 radical (unpaired) electrons. The van der Waals surface area contributed by atoms with Crippen molar-refractivity contribution in [2.45, 2.75) is 26.3 Å². The van der Waals surface area contributed by atoms with E-state index in [2.05, 4.69) is 26.2 Å². The van der Waals surface area contributed by atoms with Gasteiger partial charge in [0.15, 0.2) is 0 Å². The van der Waals surface area contributed by atoms with E-state index in [1.165, 1.54) is 12.8 Å². The number of halogens is 1. The molecular formula is C14H18BrN3O2. The summed E-state index contributed by atoms with van der Waals surface area (Å²) in [6, 6.07) is 3.99. The summed E-state index contributed by atoms with van der Waals surface area (Å²) in [5, 5.41) is 8.50. The van der Waals surface area contributed by atoms with E-state index >= 15 is 0 Å². The van der Waals surface area contributed by atoms with Gasteiger partial charge in [-0.05, 0) is 53.7 Å². The third kappa shape index (κ3) is 2.96. The zero-order chi connectivity index (χ0) is 13.9. The van der Waals surface area contributed by atoms with E-state index in [0.29, 0.717) is 19.8 Å². The minimum atomic E-state index is 0.536. The van der Waals surface area contributed by atoms with Gasteiger partial charge in [0.25, 0.3) is 0 Å². The van der Waals surface area contributed by atoms with Gasteiger partial charge in [0, 0.05) is 13.2 Å². The molecule has 1 aliphatic rings. The molecule has 1 aliphatic carbocycles. The van der Waals surface area contributed by atoms with Crippen LogP contribution in [0.5, 0.6) is 5.75 Å². The van der Waals surface area contributed by atoms with Crippen molar-refractivity contribution in [1.29, 1.82) is 0 Å². The summed E-state index contributed by atoms with van der Waals surface area (Å²) in [7, 11) is 0. The number of hydrogen-bond acceptors (Lipinski definition) is 4. The van der Waals surface area contributed by atoms with Crippen molar-refractivity contribution >= 4 is 27.0 Å². The van der Waals surface area contributed by atoms with Crippen molar-refractivity contribution < 1.29 is 9.47 Å². The van der Waals surface area contributed by atoms with E-state index < -0.39 is 0 Å². The highest BCUT2D eigenvalue weighted by molar-refractivity contribution is 9.10. The smallest absolute Gasteiger partial charge is 0.136 e. The standard InChI is InChI=1S/C14H18BrN3O2/c1-2-19-7-8-20-12-6-5-11-14(13(12)15)16-17-18(11)9-10-3-4-10/h5-6,10H,2-4,7-9H2,1H3. The zero-order valence-corrected chi connectivity index (χ0v) is 13.1. The lowest BCUT2D eigenvalue weighted by molar-refractivity contribution is 0.110. The topological polar surface area (TPSA) is 49.2 Å². The van der Waals surface area contributed by atoms with Gasteiger partial charge in [-0.3, -0.25) is 0 Å². The molecule has 2 aromatic rings. The Balaban J connectivity index is 1.76. The molecule has 1 fully saturated rings. The van der Waals surface area contributed by atoms with Crippen LogP contribution < -0.4 is 4.74 Å². The molecule has 0 bridgehead atoms. The number of fused-ring (bicyclic) bond motifs is 1. The third-order valence-electron chi connectivity index (χ3n) is 3.41. The lowest BCUT2D eigenvalue weighted by Crippen LogP contribution is -2.06. The molecule has 1 heterocycles. The van der Waals surface area contributed by atoms with Crippen LogP contribution in [-0.2, 0) is 11.3 Å². The Morgan fingerprint density at radius 3 is 2.95 bits per heavy atom. The predicted molar refractivity (Wildman–Crippen MR) is 79.9 cm³/mol. The normalized spacial score (nSPS) is 14.9. The second-order valence-corrected chi connectivity index (χ2v) is 5.80. The van der Waals surface area contributed by atoms with Gasteiger partial charge in [-0.1, -0.05) is 5.21 Å². The maximum absolute atomic E-state index is 5.70. The Hall–Kier alpha value is -1.14. The van der Waals surface area contributed by atoms with Crippen LogP contribution in [0.4, 0.5) is 0 Å². The summed E-state index contributed by atoms with van der Waals surface area (Å²) in [4.78, 5) is 0. The molecule has 0 N–H and O–H groups in total. The minimum absolute atomic E-state index is 0.536. The molecule has 0 amide bonds. The van der Waals surface area contributed by atoms with Gasteiger partial charge in [-0.15, -0.1) is 5.10 Å². The van der Waals surface area contributed by atoms with Crippen molar-refractivity contribution in [3.8, 4) is 5.75 Å². The molecule has 0 aliphatic heterocycles. The molecule has 0 unspecified atom stereocenters. The lowest BCUT2D eigenvalue weighted by atomic mass is 10.3. The average Bonchev–Trinajstić information content (AvgIpc) is 3.17. The van der Waals surface area contributed by atoms with Crippen molar-refractivity contribution in [2.75, 3.05) is 19.8 Å². The molecule has 3 rings (SSSR count). The van der Waals surface area contributed by atoms with E-state index in [0.717, 1.165) is 33.7 Å². The predicted octanol–water partition coefficient (Wildman–Crippen LogP) is 3.02. The Kier molecular flexibility index (Phi) is 4.21. The lowest BCUT2D eigenvalue weighted by Gasteiger charge is -2.08. The Bertz CT molecular complexity index is 595. The highest BCUT2D eigenvalue weighted by Gasteiger charge is 2.23. The fourth-order valence-corrected chi connectivity index (χ4v) is 2.66. The Labute approximate surface area is 126 Å². The van der Waals surface area contributed by atoms with Gasteiger partial charge in [0.1, 0.15) is 17.9 Å². The quantitative estimate of drug-likeness (QED) is 0.727. The molecule has 5 nitrogen and oxygen atoms in total. The van der Waals surface area contributed by atoms with E-state index in [1.54, 1.807) is 0 Å². The van der Waals surface area contributed by atoms with Gasteiger partial charge >= 0.3 is 0 Å². The zero-order valence-electron chi connectivity index (χ0n) is 11.5. The van der Waals surface area contributed by atoms with E-state index in [-0.39, 0.29) is 0 Å². The first-order valence-electron chi connectivity index (χ1n) is 7.02. The molecule has 1 aromatic carbocycles. The minimum Gasteiger partial charge on any atom is -0.490 e. The first-order chi connectivity index (χ1) is 9.79. The first-order valence-corrected chi connectivity index (χ1v) is 7.81. The summed E-state index contributed by atoms with van der Waals surface area (Å²) in [6.07, 6.45) is 2.61. The molecule has 6 heteroatoms. The first kappa shape index (κ1) is 13.8. The van der Waals surface area contributed by atoms with Gasteiger partial charge in [-0.25, -0.2) is 4.68 Å². The second-order valence-electron chi connectivity index (χ2n) is 5.01. The van der Waals surface area contributed by atoms with Crippen LogP contribution in [0.15, 0.2) is 16.6 Å². The van der Waals surface area contributed by atoms with Crippen molar-refractivity contribution in [3.63, 3.8) is 0 Å². The summed E-state index contributed by atoms with van der Waals surface area (Å²) in [5.41, 5.74) is 1.92. The van der Waals surface area contributed by atoms with Crippen LogP contribution in [0, 0.1) is 5.92 Å².